The van der Waals surface area contributed by atoms with Crippen molar-refractivity contribution in [2.45, 2.75) is 0 Å². The molecule has 1 aromatic heterocycles. The number of fused-ring (bicyclic) bond motifs is 19. The van der Waals surface area contributed by atoms with E-state index in [0.717, 1.165) is 67.9 Å². The molecule has 16 aromatic carbocycles. The SMILES string of the molecule is c1ccc(-c2ccc3c(c2)B2c4ccc(N(c5ccccc5)c5ccccc5)cc4N(c4ccc5c6ccccc6c6ccccc6c5c4)c4cc(-n5c6ccccc6c6ccccc65)cc(c42)N3c2ccc3c4ccccc4c4ccccc4c3c2)cc1. The second kappa shape index (κ2) is 19.4. The van der Waals surface area contributed by atoms with Crippen LogP contribution in [-0.4, -0.2) is 11.3 Å². The fourth-order valence-electron chi connectivity index (χ4n) is 15.5. The summed E-state index contributed by atoms with van der Waals surface area (Å²) < 4.78 is 2.51. The van der Waals surface area contributed by atoms with E-state index < -0.39 is 0 Å². The number of aromatic nitrogens is 1. The molecule has 0 N–H and O–H groups in total. The minimum Gasteiger partial charge on any atom is -0.311 e. The predicted molar refractivity (Wildman–Crippen MR) is 380 cm³/mol. The Bertz CT molecular complexity index is 5620. The van der Waals surface area contributed by atoms with Crippen molar-refractivity contribution in [1.82, 2.24) is 4.57 Å². The van der Waals surface area contributed by atoms with Crippen LogP contribution in [0.2, 0.25) is 0 Å². The number of hydrogen-bond acceptors (Lipinski definition) is 3. The summed E-state index contributed by atoms with van der Waals surface area (Å²) >= 11 is 0. The molecule has 17 aromatic rings. The van der Waals surface area contributed by atoms with Gasteiger partial charge in [0.05, 0.1) is 16.7 Å². The van der Waals surface area contributed by atoms with Crippen molar-refractivity contribution in [2.24, 2.45) is 0 Å². The van der Waals surface area contributed by atoms with Crippen molar-refractivity contribution in [3.8, 4) is 16.8 Å². The summed E-state index contributed by atoms with van der Waals surface area (Å²) in [6.45, 7) is -0.181. The maximum Gasteiger partial charge on any atom is 0.252 e. The molecule has 89 heavy (non-hydrogen) atoms. The molecule has 0 atom stereocenters. The van der Waals surface area contributed by atoms with Gasteiger partial charge in [-0.15, -0.1) is 0 Å². The molecule has 0 unspecified atom stereocenters. The van der Waals surface area contributed by atoms with E-state index in [4.69, 9.17) is 0 Å². The number of hydrogen-bond donors (Lipinski definition) is 0. The molecule has 0 aliphatic carbocycles. The lowest BCUT2D eigenvalue weighted by Gasteiger charge is -2.45. The highest BCUT2D eigenvalue weighted by atomic mass is 15.2. The topological polar surface area (TPSA) is 14.7 Å². The summed E-state index contributed by atoms with van der Waals surface area (Å²) in [5.74, 6) is 0. The minimum absolute atomic E-state index is 0.181. The smallest absolute Gasteiger partial charge is 0.252 e. The molecule has 412 valence electrons. The standard InChI is InChI=1S/C84H53BN4/c1-4-22-54(23-5-1)55-40-47-80-77(48-55)85-76-46-43-60(86(56-24-6-2-7-25-56)57-26-8-3-9-27-57)51-81(76)88(59-42-45-71-67-33-13-11-29-63(67)65-31-15-17-35-69(65)75(71)50-59)83-53-61(89-78-38-20-18-36-72(78)73-37-19-21-39-79(73)89)52-82(84(83)85)87(80)58-41-44-70-66-32-12-10-28-62(66)64-30-14-16-34-68(64)74(70)49-58/h1-53H. The van der Waals surface area contributed by atoms with Gasteiger partial charge >= 0.3 is 0 Å². The molecule has 0 fully saturated rings. The minimum atomic E-state index is -0.181. The molecular formula is C84H53BN4. The lowest BCUT2D eigenvalue weighted by molar-refractivity contribution is 1.16. The van der Waals surface area contributed by atoms with Crippen molar-refractivity contribution in [2.75, 3.05) is 14.7 Å². The van der Waals surface area contributed by atoms with Gasteiger partial charge in [0.25, 0.3) is 6.71 Å². The molecule has 2 aliphatic heterocycles. The van der Waals surface area contributed by atoms with Gasteiger partial charge in [-0.1, -0.05) is 231 Å². The summed E-state index contributed by atoms with van der Waals surface area (Å²) in [7, 11) is 0. The first-order chi connectivity index (χ1) is 44.2. The predicted octanol–water partition coefficient (Wildman–Crippen LogP) is 20.9. The van der Waals surface area contributed by atoms with Crippen LogP contribution in [0.25, 0.3) is 103 Å². The van der Waals surface area contributed by atoms with E-state index in [2.05, 4.69) is 341 Å². The first-order valence-electron chi connectivity index (χ1n) is 30.9. The van der Waals surface area contributed by atoms with Gasteiger partial charge in [0, 0.05) is 62.0 Å². The Kier molecular flexibility index (Phi) is 10.8. The lowest BCUT2D eigenvalue weighted by atomic mass is 9.33. The van der Waals surface area contributed by atoms with Gasteiger partial charge in [-0.3, -0.25) is 0 Å². The van der Waals surface area contributed by atoms with Crippen molar-refractivity contribution >= 4 is 161 Å². The Hall–Kier alpha value is -11.7. The van der Waals surface area contributed by atoms with Gasteiger partial charge in [0.15, 0.2) is 0 Å². The van der Waals surface area contributed by atoms with Crippen LogP contribution in [0, 0.1) is 0 Å². The zero-order chi connectivity index (χ0) is 58.3. The van der Waals surface area contributed by atoms with Crippen molar-refractivity contribution in [3.63, 3.8) is 0 Å². The van der Waals surface area contributed by atoms with Gasteiger partial charge in [-0.25, -0.2) is 0 Å². The zero-order valence-electron chi connectivity index (χ0n) is 48.5. The normalized spacial score (nSPS) is 12.7. The van der Waals surface area contributed by atoms with Crippen LogP contribution in [0.4, 0.5) is 51.2 Å². The Balaban J connectivity index is 0.967. The van der Waals surface area contributed by atoms with E-state index in [-0.39, 0.29) is 6.71 Å². The number of para-hydroxylation sites is 4. The molecule has 19 rings (SSSR count). The largest absolute Gasteiger partial charge is 0.311 e. The van der Waals surface area contributed by atoms with Gasteiger partial charge < -0.3 is 19.3 Å². The van der Waals surface area contributed by atoms with Crippen LogP contribution in [0.5, 0.6) is 0 Å². The average molecular weight is 1130 g/mol. The molecule has 0 saturated carbocycles. The number of benzene rings is 16. The highest BCUT2D eigenvalue weighted by molar-refractivity contribution is 7.00. The summed E-state index contributed by atoms with van der Waals surface area (Å²) in [5, 5.41) is 17.4. The Morgan fingerprint density at radius 2 is 0.629 bits per heavy atom. The first-order valence-corrected chi connectivity index (χ1v) is 30.9. The maximum atomic E-state index is 2.62. The highest BCUT2D eigenvalue weighted by Gasteiger charge is 2.44. The summed E-state index contributed by atoms with van der Waals surface area (Å²) in [6, 6.07) is 120. The second-order valence-electron chi connectivity index (χ2n) is 23.9. The molecule has 3 heterocycles. The molecular weight excluding hydrogens is 1080 g/mol. The zero-order valence-corrected chi connectivity index (χ0v) is 48.5. The quantitative estimate of drug-likeness (QED) is 0.117. The molecule has 2 aliphatic rings. The van der Waals surface area contributed by atoms with Crippen LogP contribution in [0.15, 0.2) is 322 Å². The van der Waals surface area contributed by atoms with Crippen LogP contribution in [-0.2, 0) is 0 Å². The fourth-order valence-corrected chi connectivity index (χ4v) is 15.5. The van der Waals surface area contributed by atoms with Gasteiger partial charge in [0.1, 0.15) is 0 Å². The molecule has 5 heteroatoms. The van der Waals surface area contributed by atoms with E-state index in [1.165, 1.54) is 103 Å². The van der Waals surface area contributed by atoms with Crippen molar-refractivity contribution < 1.29 is 0 Å². The van der Waals surface area contributed by atoms with E-state index in [0.29, 0.717) is 0 Å². The van der Waals surface area contributed by atoms with Crippen LogP contribution in [0.3, 0.4) is 0 Å². The van der Waals surface area contributed by atoms with Gasteiger partial charge in [0.2, 0.25) is 0 Å². The third kappa shape index (κ3) is 7.43. The fraction of sp³-hybridized carbons (Fsp3) is 0. The molecule has 0 bridgehead atoms. The van der Waals surface area contributed by atoms with E-state index >= 15 is 0 Å². The number of anilines is 9. The third-order valence-electron chi connectivity index (χ3n) is 19.2. The summed E-state index contributed by atoms with van der Waals surface area (Å²) in [4.78, 5) is 7.63. The van der Waals surface area contributed by atoms with E-state index in [1.54, 1.807) is 0 Å². The average Bonchev–Trinajstić information content (AvgIpc) is 0.948. The van der Waals surface area contributed by atoms with Gasteiger partial charge in [-0.05, 0) is 183 Å². The molecule has 0 amide bonds. The maximum absolute atomic E-state index is 2.62. The van der Waals surface area contributed by atoms with Crippen molar-refractivity contribution in [1.29, 1.82) is 0 Å². The monoisotopic (exact) mass is 1130 g/mol. The number of rotatable bonds is 7. The number of nitrogens with zero attached hydrogens (tertiary/aromatic N) is 4. The Morgan fingerprint density at radius 1 is 0.225 bits per heavy atom. The lowest BCUT2D eigenvalue weighted by Crippen LogP contribution is -2.61. The highest BCUT2D eigenvalue weighted by Crippen LogP contribution is 2.50. The molecule has 4 nitrogen and oxygen atoms in total. The Morgan fingerprint density at radius 3 is 1.11 bits per heavy atom. The Labute approximate surface area is 515 Å². The molecule has 0 spiro atoms. The van der Waals surface area contributed by atoms with Crippen molar-refractivity contribution in [3.05, 3.63) is 322 Å². The van der Waals surface area contributed by atoms with Crippen LogP contribution >= 0.6 is 0 Å². The summed E-state index contributed by atoms with van der Waals surface area (Å²) in [5.41, 5.74) is 19.5. The second-order valence-corrected chi connectivity index (χ2v) is 23.9. The molecule has 0 saturated heterocycles. The van der Waals surface area contributed by atoms with Gasteiger partial charge in [-0.2, -0.15) is 0 Å². The van der Waals surface area contributed by atoms with E-state index in [9.17, 15) is 0 Å². The molecule has 0 radical (unpaired) electrons. The summed E-state index contributed by atoms with van der Waals surface area (Å²) in [6.07, 6.45) is 0. The first kappa shape index (κ1) is 49.6. The van der Waals surface area contributed by atoms with Crippen LogP contribution in [0.1, 0.15) is 0 Å². The van der Waals surface area contributed by atoms with Crippen LogP contribution < -0.4 is 31.1 Å². The third-order valence-corrected chi connectivity index (χ3v) is 19.2. The van der Waals surface area contributed by atoms with E-state index in [1.807, 2.05) is 0 Å².